The molecule has 0 N–H and O–H groups in total. The molecule has 140 valence electrons. The number of aryl methyl sites for hydroxylation is 1. The Morgan fingerprint density at radius 3 is 2.20 bits per heavy atom. The van der Waals surface area contributed by atoms with Gasteiger partial charge in [0.05, 0.1) is 11.4 Å². The summed E-state index contributed by atoms with van der Waals surface area (Å²) in [5.74, 6) is -0.639. The molecule has 0 fully saturated rings. The Morgan fingerprint density at radius 1 is 1.08 bits per heavy atom. The van der Waals surface area contributed by atoms with Crippen molar-refractivity contribution in [3.05, 3.63) is 54.9 Å². The number of sulfonamides is 1. The minimum Gasteiger partial charge on any atom is -0.211 e. The van der Waals surface area contributed by atoms with E-state index < -0.39 is 15.9 Å². The fraction of sp³-hybridized carbons (Fsp3) is 0.500. The molecule has 25 heavy (non-hydrogen) atoms. The maximum Gasteiger partial charge on any atom is 0.243 e. The smallest absolute Gasteiger partial charge is 0.211 e. The van der Waals surface area contributed by atoms with E-state index in [1.165, 1.54) is 10.7 Å². The predicted molar refractivity (Wildman–Crippen MR) is 103 cm³/mol. The van der Waals surface area contributed by atoms with Crippen LogP contribution in [-0.2, 0) is 10.0 Å². The zero-order chi connectivity index (χ0) is 18.7. The van der Waals surface area contributed by atoms with E-state index in [1.807, 2.05) is 13.0 Å². The van der Waals surface area contributed by atoms with Gasteiger partial charge in [0.2, 0.25) is 10.0 Å². The molecule has 0 saturated heterocycles. The second kappa shape index (κ2) is 11.2. The molecule has 0 bridgehead atoms. The van der Waals surface area contributed by atoms with Crippen molar-refractivity contribution < 1.29 is 12.8 Å². The quantitative estimate of drug-likeness (QED) is 0.346. The van der Waals surface area contributed by atoms with E-state index in [1.54, 1.807) is 24.3 Å². The van der Waals surface area contributed by atoms with Crippen LogP contribution in [0.5, 0.6) is 0 Å². The second-order valence-corrected chi connectivity index (χ2v) is 8.31. The van der Waals surface area contributed by atoms with Crippen molar-refractivity contribution in [3.8, 4) is 0 Å². The van der Waals surface area contributed by atoms with E-state index in [4.69, 9.17) is 0 Å². The monoisotopic (exact) mass is 367 g/mol. The fourth-order valence-electron chi connectivity index (χ4n) is 2.62. The van der Waals surface area contributed by atoms with Crippen molar-refractivity contribution in [2.75, 3.05) is 13.1 Å². The molecule has 0 amide bonds. The molecule has 0 aliphatic carbocycles. The van der Waals surface area contributed by atoms with Gasteiger partial charge in [0, 0.05) is 6.54 Å². The van der Waals surface area contributed by atoms with Gasteiger partial charge in [0.25, 0.3) is 0 Å². The van der Waals surface area contributed by atoms with E-state index in [9.17, 15) is 12.8 Å². The Hall–Kier alpha value is -1.46. The van der Waals surface area contributed by atoms with Gasteiger partial charge in [-0.05, 0) is 38.3 Å². The highest BCUT2D eigenvalue weighted by Crippen LogP contribution is 2.19. The summed E-state index contributed by atoms with van der Waals surface area (Å²) in [5.41, 5.74) is 0.983. The normalized spacial score (nSPS) is 11.6. The number of halogens is 1. The largest absolute Gasteiger partial charge is 0.243 e. The molecule has 0 aliphatic rings. The van der Waals surface area contributed by atoms with Crippen LogP contribution < -0.4 is 0 Å². The number of unbranched alkanes of at least 4 members (excludes halogenated alkanes) is 6. The lowest BCUT2D eigenvalue weighted by molar-refractivity contribution is 0.392. The SMILES string of the molecule is C=CCCCCCCCCN(CC(=C)F)S(=O)(=O)c1ccc(C)cc1. The Labute approximate surface area is 152 Å². The second-order valence-electron chi connectivity index (χ2n) is 6.37. The summed E-state index contributed by atoms with van der Waals surface area (Å²) in [6.07, 6.45) is 9.14. The van der Waals surface area contributed by atoms with Crippen molar-refractivity contribution in [1.29, 1.82) is 0 Å². The Bertz CT molecular complexity index is 638. The van der Waals surface area contributed by atoms with Gasteiger partial charge < -0.3 is 0 Å². The Kier molecular flexibility index (Phi) is 9.68. The van der Waals surface area contributed by atoms with E-state index in [-0.39, 0.29) is 11.4 Å². The number of hydrogen-bond acceptors (Lipinski definition) is 2. The highest BCUT2D eigenvalue weighted by Gasteiger charge is 2.24. The van der Waals surface area contributed by atoms with Crippen LogP contribution in [0, 0.1) is 6.92 Å². The van der Waals surface area contributed by atoms with Crippen LogP contribution in [0.25, 0.3) is 0 Å². The Morgan fingerprint density at radius 2 is 1.64 bits per heavy atom. The highest BCUT2D eigenvalue weighted by atomic mass is 32.2. The fourth-order valence-corrected chi connectivity index (χ4v) is 4.08. The minimum atomic E-state index is -3.70. The molecule has 1 aromatic rings. The van der Waals surface area contributed by atoms with E-state index in [0.29, 0.717) is 6.54 Å². The molecule has 0 spiro atoms. The van der Waals surface area contributed by atoms with E-state index >= 15 is 0 Å². The number of benzene rings is 1. The summed E-state index contributed by atoms with van der Waals surface area (Å²) >= 11 is 0. The number of hydrogen-bond donors (Lipinski definition) is 0. The summed E-state index contributed by atoms with van der Waals surface area (Å²) in [7, 11) is -3.70. The highest BCUT2D eigenvalue weighted by molar-refractivity contribution is 7.89. The molecule has 0 heterocycles. The van der Waals surface area contributed by atoms with Crippen LogP contribution in [0.2, 0.25) is 0 Å². The van der Waals surface area contributed by atoms with Gasteiger partial charge in [-0.15, -0.1) is 6.58 Å². The van der Waals surface area contributed by atoms with E-state index in [0.717, 1.165) is 44.1 Å². The third-order valence-electron chi connectivity index (χ3n) is 4.07. The van der Waals surface area contributed by atoms with Crippen LogP contribution in [0.3, 0.4) is 0 Å². The molecule has 0 unspecified atom stereocenters. The van der Waals surface area contributed by atoms with Crippen LogP contribution in [-0.4, -0.2) is 25.8 Å². The van der Waals surface area contributed by atoms with Gasteiger partial charge in [0.1, 0.15) is 5.83 Å². The maximum atomic E-state index is 13.3. The topological polar surface area (TPSA) is 37.4 Å². The van der Waals surface area contributed by atoms with Gasteiger partial charge in [0.15, 0.2) is 0 Å². The van der Waals surface area contributed by atoms with Crippen LogP contribution in [0.1, 0.15) is 50.5 Å². The standard InChI is InChI=1S/C20H30FNO2S/c1-4-5-6-7-8-9-10-11-16-22(17-19(3)21)25(23,24)20-14-12-18(2)13-15-20/h4,12-15H,1,3,5-11,16-17H2,2H3. The van der Waals surface area contributed by atoms with Crippen molar-refractivity contribution in [2.24, 2.45) is 0 Å². The average molecular weight is 368 g/mol. The number of rotatable bonds is 13. The third-order valence-corrected chi connectivity index (χ3v) is 5.93. The molecule has 0 radical (unpaired) electrons. The van der Waals surface area contributed by atoms with Crippen molar-refractivity contribution in [2.45, 2.75) is 56.8 Å². The lowest BCUT2D eigenvalue weighted by Gasteiger charge is -2.21. The lowest BCUT2D eigenvalue weighted by Crippen LogP contribution is -2.33. The molecule has 1 rings (SSSR count). The van der Waals surface area contributed by atoms with Gasteiger partial charge >= 0.3 is 0 Å². The van der Waals surface area contributed by atoms with Gasteiger partial charge in [-0.2, -0.15) is 4.31 Å². The number of nitrogens with zero attached hydrogens (tertiary/aromatic N) is 1. The molecule has 0 saturated carbocycles. The summed E-state index contributed by atoms with van der Waals surface area (Å²) in [6.45, 7) is 8.85. The first kappa shape index (κ1) is 21.6. The molecule has 0 aliphatic heterocycles. The molecular weight excluding hydrogens is 337 g/mol. The maximum absolute atomic E-state index is 13.3. The van der Waals surface area contributed by atoms with E-state index in [2.05, 4.69) is 13.2 Å². The molecular formula is C20H30FNO2S. The first-order valence-electron chi connectivity index (χ1n) is 8.89. The summed E-state index contributed by atoms with van der Waals surface area (Å²) in [5, 5.41) is 0. The Balaban J connectivity index is 2.57. The van der Waals surface area contributed by atoms with Crippen molar-refractivity contribution >= 4 is 10.0 Å². The van der Waals surface area contributed by atoms with Gasteiger partial charge in [-0.1, -0.05) is 56.0 Å². The van der Waals surface area contributed by atoms with Crippen molar-refractivity contribution in [1.82, 2.24) is 4.31 Å². The molecule has 0 aromatic heterocycles. The molecule has 3 nitrogen and oxygen atoms in total. The zero-order valence-corrected chi connectivity index (χ0v) is 16.0. The molecule has 5 heteroatoms. The number of allylic oxidation sites excluding steroid dienone is 1. The summed E-state index contributed by atoms with van der Waals surface area (Å²) in [4.78, 5) is 0.198. The van der Waals surface area contributed by atoms with Gasteiger partial charge in [-0.25, -0.2) is 12.8 Å². The predicted octanol–water partition coefficient (Wildman–Crippen LogP) is 5.39. The van der Waals surface area contributed by atoms with Crippen LogP contribution in [0.15, 0.2) is 54.2 Å². The van der Waals surface area contributed by atoms with Crippen LogP contribution >= 0.6 is 0 Å². The van der Waals surface area contributed by atoms with Crippen molar-refractivity contribution in [3.63, 3.8) is 0 Å². The van der Waals surface area contributed by atoms with Gasteiger partial charge in [-0.3, -0.25) is 0 Å². The first-order chi connectivity index (χ1) is 11.9. The zero-order valence-electron chi connectivity index (χ0n) is 15.2. The minimum absolute atomic E-state index is 0.198. The van der Waals surface area contributed by atoms with Crippen LogP contribution in [0.4, 0.5) is 4.39 Å². The molecule has 0 atom stereocenters. The first-order valence-corrected chi connectivity index (χ1v) is 10.3. The third kappa shape index (κ3) is 7.97. The summed E-state index contributed by atoms with van der Waals surface area (Å²) < 4.78 is 39.9. The summed E-state index contributed by atoms with van der Waals surface area (Å²) in [6, 6.07) is 6.63. The average Bonchev–Trinajstić information content (AvgIpc) is 2.56. The molecule has 1 aromatic carbocycles. The lowest BCUT2D eigenvalue weighted by atomic mass is 10.1.